The average Bonchev–Trinajstić information content (AvgIpc) is 2.28. The molecule has 1 aliphatic carbocycles. The first kappa shape index (κ1) is 7.58. The Morgan fingerprint density at radius 3 is 2.50 bits per heavy atom. The quantitative estimate of drug-likeness (QED) is 0.535. The molecule has 2 unspecified atom stereocenters. The van der Waals surface area contributed by atoms with Gasteiger partial charge in [-0.3, -0.25) is 0 Å². The molecule has 0 bridgehead atoms. The molecule has 0 amide bonds. The van der Waals surface area contributed by atoms with E-state index in [9.17, 15) is 10.2 Å². The second-order valence-corrected chi connectivity index (χ2v) is 3.08. The molecule has 0 saturated heterocycles. The maximum atomic E-state index is 9.41. The van der Waals surface area contributed by atoms with Gasteiger partial charge in [0.2, 0.25) is 0 Å². The van der Waals surface area contributed by atoms with Crippen LogP contribution in [0.1, 0.15) is 29.8 Å². The highest BCUT2D eigenvalue weighted by Gasteiger charge is 2.27. The molecule has 2 atom stereocenters. The summed E-state index contributed by atoms with van der Waals surface area (Å²) in [6.07, 6.45) is -0.892. The summed E-state index contributed by atoms with van der Waals surface area (Å²) in [5.41, 5.74) is 1.36. The van der Waals surface area contributed by atoms with E-state index in [1.54, 1.807) is 6.07 Å². The molecule has 1 aromatic rings. The number of aromatic hydroxyl groups is 1. The van der Waals surface area contributed by atoms with E-state index in [0.29, 0.717) is 12.0 Å². The summed E-state index contributed by atoms with van der Waals surface area (Å²) >= 11 is 0. The van der Waals surface area contributed by atoms with Crippen LogP contribution in [-0.2, 0) is 0 Å². The standard InChI is InChI=1S/C9H10O3/c10-5-1-2-6-7(3-5)9(12)4-8(6)11/h1-3,8-12H,4H2. The van der Waals surface area contributed by atoms with Crippen molar-refractivity contribution in [2.24, 2.45) is 0 Å². The molecule has 0 spiro atoms. The van der Waals surface area contributed by atoms with Crippen LogP contribution in [0.3, 0.4) is 0 Å². The highest BCUT2D eigenvalue weighted by Crippen LogP contribution is 2.39. The van der Waals surface area contributed by atoms with E-state index in [1.807, 2.05) is 0 Å². The van der Waals surface area contributed by atoms with Crippen LogP contribution in [-0.4, -0.2) is 15.3 Å². The molecule has 0 fully saturated rings. The molecule has 0 aliphatic heterocycles. The van der Waals surface area contributed by atoms with E-state index < -0.39 is 12.2 Å². The van der Waals surface area contributed by atoms with E-state index in [1.165, 1.54) is 12.1 Å². The summed E-state index contributed by atoms with van der Waals surface area (Å²) in [4.78, 5) is 0. The van der Waals surface area contributed by atoms with E-state index in [2.05, 4.69) is 0 Å². The molecule has 0 aromatic heterocycles. The number of aliphatic hydroxyl groups excluding tert-OH is 2. The van der Waals surface area contributed by atoms with Crippen LogP contribution in [0.15, 0.2) is 18.2 Å². The summed E-state index contributed by atoms with van der Waals surface area (Å²) in [5.74, 6) is 0.127. The Labute approximate surface area is 69.9 Å². The highest BCUT2D eigenvalue weighted by molar-refractivity contribution is 5.40. The summed E-state index contributed by atoms with van der Waals surface area (Å²) in [7, 11) is 0. The van der Waals surface area contributed by atoms with Gasteiger partial charge >= 0.3 is 0 Å². The summed E-state index contributed by atoms with van der Waals surface area (Å²) < 4.78 is 0. The zero-order valence-electron chi connectivity index (χ0n) is 6.44. The predicted molar refractivity (Wildman–Crippen MR) is 42.6 cm³/mol. The first-order valence-corrected chi connectivity index (χ1v) is 3.87. The second kappa shape index (κ2) is 2.47. The van der Waals surface area contributed by atoms with Crippen molar-refractivity contribution >= 4 is 0 Å². The minimum Gasteiger partial charge on any atom is -0.508 e. The Kier molecular flexibility index (Phi) is 1.56. The van der Waals surface area contributed by atoms with E-state index in [-0.39, 0.29) is 5.75 Å². The Bertz CT molecular complexity index is 309. The number of phenols is 1. The van der Waals surface area contributed by atoms with Crippen LogP contribution < -0.4 is 0 Å². The van der Waals surface area contributed by atoms with Gasteiger partial charge in [0.1, 0.15) is 5.75 Å². The fraction of sp³-hybridized carbons (Fsp3) is 0.333. The summed E-state index contributed by atoms with van der Waals surface area (Å²) in [6, 6.07) is 4.65. The highest BCUT2D eigenvalue weighted by atomic mass is 16.3. The van der Waals surface area contributed by atoms with Gasteiger partial charge in [0, 0.05) is 6.42 Å². The van der Waals surface area contributed by atoms with Crippen LogP contribution in [0.5, 0.6) is 5.75 Å². The molecule has 3 nitrogen and oxygen atoms in total. The van der Waals surface area contributed by atoms with Gasteiger partial charge < -0.3 is 15.3 Å². The second-order valence-electron chi connectivity index (χ2n) is 3.08. The molecule has 3 N–H and O–H groups in total. The molecule has 0 radical (unpaired) electrons. The van der Waals surface area contributed by atoms with Crippen LogP contribution in [0.4, 0.5) is 0 Å². The maximum Gasteiger partial charge on any atom is 0.115 e. The molecule has 64 valence electrons. The largest absolute Gasteiger partial charge is 0.508 e. The van der Waals surface area contributed by atoms with Crippen molar-refractivity contribution in [2.45, 2.75) is 18.6 Å². The van der Waals surface area contributed by atoms with Crippen molar-refractivity contribution in [3.8, 4) is 5.75 Å². The average molecular weight is 166 g/mol. The molecule has 0 saturated carbocycles. The lowest BCUT2D eigenvalue weighted by molar-refractivity contribution is 0.107. The normalized spacial score (nSPS) is 27.2. The number of fused-ring (bicyclic) bond motifs is 1. The lowest BCUT2D eigenvalue weighted by Crippen LogP contribution is -1.89. The van der Waals surface area contributed by atoms with E-state index in [4.69, 9.17) is 5.11 Å². The topological polar surface area (TPSA) is 60.7 Å². The Hall–Kier alpha value is -1.06. The summed E-state index contributed by atoms with van der Waals surface area (Å²) in [6.45, 7) is 0. The fourth-order valence-electron chi connectivity index (χ4n) is 1.62. The third-order valence-corrected chi connectivity index (χ3v) is 2.23. The predicted octanol–water partition coefficient (Wildman–Crippen LogP) is 0.863. The van der Waals surface area contributed by atoms with Gasteiger partial charge in [-0.2, -0.15) is 0 Å². The molecule has 2 rings (SSSR count). The Morgan fingerprint density at radius 2 is 1.75 bits per heavy atom. The zero-order valence-corrected chi connectivity index (χ0v) is 6.44. The number of phenolic OH excluding ortho intramolecular Hbond substituents is 1. The van der Waals surface area contributed by atoms with Gasteiger partial charge in [-0.1, -0.05) is 6.07 Å². The van der Waals surface area contributed by atoms with Crippen LogP contribution >= 0.6 is 0 Å². The molecule has 3 heteroatoms. The smallest absolute Gasteiger partial charge is 0.115 e. The van der Waals surface area contributed by atoms with Gasteiger partial charge in [0.05, 0.1) is 12.2 Å². The monoisotopic (exact) mass is 166 g/mol. The Balaban J connectivity index is 2.53. The van der Waals surface area contributed by atoms with Gasteiger partial charge in [-0.15, -0.1) is 0 Å². The molecule has 1 aromatic carbocycles. The molecule has 0 heterocycles. The van der Waals surface area contributed by atoms with Crippen molar-refractivity contribution in [1.82, 2.24) is 0 Å². The van der Waals surface area contributed by atoms with Crippen molar-refractivity contribution in [1.29, 1.82) is 0 Å². The lowest BCUT2D eigenvalue weighted by Gasteiger charge is -2.03. The molecular formula is C9H10O3. The maximum absolute atomic E-state index is 9.41. The van der Waals surface area contributed by atoms with Crippen molar-refractivity contribution in [2.75, 3.05) is 0 Å². The van der Waals surface area contributed by atoms with Gasteiger partial charge in [0.25, 0.3) is 0 Å². The van der Waals surface area contributed by atoms with Gasteiger partial charge in [0.15, 0.2) is 0 Å². The first-order valence-electron chi connectivity index (χ1n) is 3.87. The minimum absolute atomic E-state index is 0.127. The number of benzene rings is 1. The van der Waals surface area contributed by atoms with E-state index in [0.717, 1.165) is 5.56 Å². The van der Waals surface area contributed by atoms with Crippen LogP contribution in [0.25, 0.3) is 0 Å². The van der Waals surface area contributed by atoms with Crippen LogP contribution in [0, 0.1) is 0 Å². The number of rotatable bonds is 0. The van der Waals surface area contributed by atoms with Crippen molar-refractivity contribution < 1.29 is 15.3 Å². The lowest BCUT2D eigenvalue weighted by atomic mass is 10.1. The third kappa shape index (κ3) is 0.983. The Morgan fingerprint density at radius 1 is 1.08 bits per heavy atom. The fourth-order valence-corrected chi connectivity index (χ4v) is 1.62. The van der Waals surface area contributed by atoms with Gasteiger partial charge in [-0.05, 0) is 23.3 Å². The number of hydrogen-bond acceptors (Lipinski definition) is 3. The third-order valence-electron chi connectivity index (χ3n) is 2.23. The zero-order chi connectivity index (χ0) is 8.72. The first-order chi connectivity index (χ1) is 5.68. The summed E-state index contributed by atoms with van der Waals surface area (Å²) in [5, 5.41) is 27.9. The van der Waals surface area contributed by atoms with E-state index >= 15 is 0 Å². The van der Waals surface area contributed by atoms with Crippen LogP contribution in [0.2, 0.25) is 0 Å². The number of hydrogen-bond donors (Lipinski definition) is 3. The molecule has 1 aliphatic rings. The van der Waals surface area contributed by atoms with Gasteiger partial charge in [-0.25, -0.2) is 0 Å². The molecule has 12 heavy (non-hydrogen) atoms. The van der Waals surface area contributed by atoms with Crippen molar-refractivity contribution in [3.05, 3.63) is 29.3 Å². The van der Waals surface area contributed by atoms with Crippen molar-refractivity contribution in [3.63, 3.8) is 0 Å². The molecular weight excluding hydrogens is 156 g/mol. The SMILES string of the molecule is Oc1ccc2c(c1)C(O)CC2O. The minimum atomic E-state index is -0.637. The number of aliphatic hydroxyl groups is 2.